The summed E-state index contributed by atoms with van der Waals surface area (Å²) >= 11 is 3.44. The summed E-state index contributed by atoms with van der Waals surface area (Å²) in [7, 11) is 0. The second-order valence-electron chi connectivity index (χ2n) is 6.72. The van der Waals surface area contributed by atoms with Gasteiger partial charge in [-0.2, -0.15) is 0 Å². The minimum atomic E-state index is -0.154. The van der Waals surface area contributed by atoms with E-state index in [2.05, 4.69) is 31.2 Å². The van der Waals surface area contributed by atoms with Gasteiger partial charge in [0.05, 0.1) is 5.69 Å². The molecule has 1 aliphatic heterocycles. The molecule has 1 fully saturated rings. The molecule has 0 unspecified atom stereocenters. The molecule has 0 atom stereocenters. The fourth-order valence-electron chi connectivity index (χ4n) is 3.44. The monoisotopic (exact) mass is 456 g/mol. The third kappa shape index (κ3) is 3.82. The van der Waals surface area contributed by atoms with Gasteiger partial charge in [-0.1, -0.05) is 12.1 Å². The molecule has 0 bridgehead atoms. The van der Waals surface area contributed by atoms with Crippen molar-refractivity contribution in [3.63, 3.8) is 0 Å². The lowest BCUT2D eigenvalue weighted by Crippen LogP contribution is -2.51. The third-order valence-corrected chi connectivity index (χ3v) is 5.67. The van der Waals surface area contributed by atoms with E-state index in [1.807, 2.05) is 48.2 Å². The maximum absolute atomic E-state index is 12.9. The Kier molecular flexibility index (Phi) is 5.48. The number of urea groups is 1. The van der Waals surface area contributed by atoms with Crippen molar-refractivity contribution in [2.24, 2.45) is 0 Å². The Labute approximate surface area is 176 Å². The Hall–Kier alpha value is -2.94. The minimum absolute atomic E-state index is 0.148. The number of aryl methyl sites for hydroxylation is 1. The van der Waals surface area contributed by atoms with Gasteiger partial charge in [0.1, 0.15) is 5.52 Å². The summed E-state index contributed by atoms with van der Waals surface area (Å²) in [6.07, 6.45) is 1.66. The van der Waals surface area contributed by atoms with Crippen LogP contribution in [0.15, 0.2) is 51.9 Å². The predicted octanol–water partition coefficient (Wildman–Crippen LogP) is 2.93. The molecule has 8 nitrogen and oxygen atoms in total. The molecule has 0 aliphatic carbocycles. The van der Waals surface area contributed by atoms with E-state index in [9.17, 15) is 9.59 Å². The Balaban J connectivity index is 1.50. The lowest BCUT2D eigenvalue weighted by molar-refractivity contribution is 0.208. The van der Waals surface area contributed by atoms with E-state index >= 15 is 0 Å². The number of rotatable bonds is 3. The number of nitrogens with one attached hydrogen (secondary N) is 1. The summed E-state index contributed by atoms with van der Waals surface area (Å²) in [5.74, 6) is 0.415. The molecule has 1 saturated heterocycles. The Morgan fingerprint density at radius 2 is 1.90 bits per heavy atom. The van der Waals surface area contributed by atoms with E-state index < -0.39 is 0 Å². The summed E-state index contributed by atoms with van der Waals surface area (Å²) in [5, 5.41) is 2.92. The van der Waals surface area contributed by atoms with Crippen molar-refractivity contribution < 1.29 is 4.79 Å². The molecule has 0 spiro atoms. The van der Waals surface area contributed by atoms with E-state index in [0.29, 0.717) is 49.7 Å². The van der Waals surface area contributed by atoms with Crippen molar-refractivity contribution >= 4 is 44.6 Å². The van der Waals surface area contributed by atoms with Gasteiger partial charge in [-0.3, -0.25) is 9.36 Å². The zero-order valence-corrected chi connectivity index (χ0v) is 17.6. The number of fused-ring (bicyclic) bond motifs is 1. The number of hydrogen-bond donors (Lipinski definition) is 1. The summed E-state index contributed by atoms with van der Waals surface area (Å²) in [6, 6.07) is 11.0. The van der Waals surface area contributed by atoms with Gasteiger partial charge < -0.3 is 15.1 Å². The molecule has 0 saturated carbocycles. The highest BCUT2D eigenvalue weighted by molar-refractivity contribution is 9.10. The fraction of sp³-hybridized carbons (Fsp3) is 0.300. The van der Waals surface area contributed by atoms with Gasteiger partial charge in [-0.05, 0) is 47.1 Å². The number of carbonyl (C=O) groups is 1. The van der Waals surface area contributed by atoms with Gasteiger partial charge >= 0.3 is 6.03 Å². The van der Waals surface area contributed by atoms with Crippen LogP contribution in [0.5, 0.6) is 0 Å². The van der Waals surface area contributed by atoms with Crippen molar-refractivity contribution in [1.29, 1.82) is 0 Å². The first kappa shape index (κ1) is 19.4. The Morgan fingerprint density at radius 3 is 2.62 bits per heavy atom. The van der Waals surface area contributed by atoms with E-state index in [1.54, 1.807) is 15.7 Å². The topological polar surface area (TPSA) is 83.4 Å². The summed E-state index contributed by atoms with van der Waals surface area (Å²) in [5.41, 5.74) is 1.87. The second-order valence-corrected chi connectivity index (χ2v) is 7.57. The number of piperazine rings is 1. The lowest BCUT2D eigenvalue weighted by Gasteiger charge is -2.35. The molecular weight excluding hydrogens is 436 g/mol. The van der Waals surface area contributed by atoms with Gasteiger partial charge in [0.15, 0.2) is 11.5 Å². The number of para-hydroxylation sites is 1. The maximum Gasteiger partial charge on any atom is 0.321 e. The van der Waals surface area contributed by atoms with E-state index in [1.165, 1.54) is 0 Å². The smallest absolute Gasteiger partial charge is 0.321 e. The van der Waals surface area contributed by atoms with Crippen LogP contribution in [0.2, 0.25) is 0 Å². The quantitative estimate of drug-likeness (QED) is 0.654. The van der Waals surface area contributed by atoms with Crippen LogP contribution in [0.1, 0.15) is 6.92 Å². The van der Waals surface area contributed by atoms with Crippen LogP contribution in [0.25, 0.3) is 11.2 Å². The van der Waals surface area contributed by atoms with Crippen LogP contribution in [0, 0.1) is 0 Å². The number of nitrogens with zero attached hydrogens (tertiary/aromatic N) is 5. The van der Waals surface area contributed by atoms with Crippen molar-refractivity contribution in [2.75, 3.05) is 36.4 Å². The maximum atomic E-state index is 12.9. The van der Waals surface area contributed by atoms with E-state index in [4.69, 9.17) is 0 Å². The molecule has 2 amide bonds. The minimum Gasteiger partial charge on any atom is -0.348 e. The zero-order chi connectivity index (χ0) is 20.4. The first-order valence-corrected chi connectivity index (χ1v) is 10.3. The number of hydrogen-bond acceptors (Lipinski definition) is 5. The molecule has 1 aromatic carbocycles. The van der Waals surface area contributed by atoms with Gasteiger partial charge in [-0.15, -0.1) is 0 Å². The lowest BCUT2D eigenvalue weighted by atomic mass is 10.3. The average Bonchev–Trinajstić information content (AvgIpc) is 2.75. The standard InChI is InChI=1S/C20H21BrN6O2/c1-2-27-17-16(8-5-9-22-17)23-18(19(27)28)25-10-12-26(13-11-25)20(29)24-15-7-4-3-6-14(15)21/h3-9H,2,10-13H2,1H3,(H,24,29). The van der Waals surface area contributed by atoms with Crippen LogP contribution in [0.3, 0.4) is 0 Å². The van der Waals surface area contributed by atoms with Gasteiger partial charge in [0.2, 0.25) is 0 Å². The number of pyridine rings is 1. The highest BCUT2D eigenvalue weighted by atomic mass is 79.9. The van der Waals surface area contributed by atoms with Gasteiger partial charge in [0, 0.05) is 43.4 Å². The molecular formula is C20H21BrN6O2. The van der Waals surface area contributed by atoms with Crippen molar-refractivity contribution in [3.8, 4) is 0 Å². The highest BCUT2D eigenvalue weighted by Gasteiger charge is 2.25. The van der Waals surface area contributed by atoms with Crippen molar-refractivity contribution in [3.05, 3.63) is 57.4 Å². The molecule has 3 heterocycles. The van der Waals surface area contributed by atoms with Crippen LogP contribution < -0.4 is 15.8 Å². The van der Waals surface area contributed by atoms with Gasteiger partial charge in [0.25, 0.3) is 5.56 Å². The van der Waals surface area contributed by atoms with Crippen LogP contribution in [0.4, 0.5) is 16.3 Å². The van der Waals surface area contributed by atoms with Crippen LogP contribution >= 0.6 is 15.9 Å². The first-order chi connectivity index (χ1) is 14.1. The van der Waals surface area contributed by atoms with Crippen LogP contribution in [-0.4, -0.2) is 51.6 Å². The summed E-state index contributed by atoms with van der Waals surface area (Å²) in [6.45, 7) is 4.55. The molecule has 4 rings (SSSR count). The number of anilines is 2. The van der Waals surface area contributed by atoms with Crippen molar-refractivity contribution in [2.45, 2.75) is 13.5 Å². The number of benzene rings is 1. The Morgan fingerprint density at radius 1 is 1.14 bits per heavy atom. The first-order valence-electron chi connectivity index (χ1n) is 9.49. The highest BCUT2D eigenvalue weighted by Crippen LogP contribution is 2.22. The normalized spacial score (nSPS) is 14.3. The average molecular weight is 457 g/mol. The van der Waals surface area contributed by atoms with E-state index in [0.717, 1.165) is 10.2 Å². The third-order valence-electron chi connectivity index (χ3n) is 4.98. The fourth-order valence-corrected chi connectivity index (χ4v) is 3.82. The predicted molar refractivity (Wildman–Crippen MR) is 116 cm³/mol. The van der Waals surface area contributed by atoms with E-state index in [-0.39, 0.29) is 11.6 Å². The molecule has 1 N–H and O–H groups in total. The zero-order valence-electron chi connectivity index (χ0n) is 16.0. The number of halogens is 1. The van der Waals surface area contributed by atoms with Gasteiger partial charge in [-0.25, -0.2) is 14.8 Å². The largest absolute Gasteiger partial charge is 0.348 e. The van der Waals surface area contributed by atoms with Crippen LogP contribution in [-0.2, 0) is 6.54 Å². The Bertz CT molecular complexity index is 1110. The molecule has 1 aliphatic rings. The molecule has 0 radical (unpaired) electrons. The number of carbonyl (C=O) groups excluding carboxylic acids is 1. The molecule has 2 aromatic heterocycles. The number of aromatic nitrogens is 3. The molecule has 29 heavy (non-hydrogen) atoms. The number of amides is 2. The SMILES string of the molecule is CCn1c(=O)c(N2CCN(C(=O)Nc3ccccc3Br)CC2)nc2cccnc21. The summed E-state index contributed by atoms with van der Waals surface area (Å²) in [4.78, 5) is 38.1. The molecule has 150 valence electrons. The second kappa shape index (κ2) is 8.20. The molecule has 9 heteroatoms. The summed E-state index contributed by atoms with van der Waals surface area (Å²) < 4.78 is 2.48. The van der Waals surface area contributed by atoms with Crippen molar-refractivity contribution in [1.82, 2.24) is 19.4 Å². The molecule has 3 aromatic rings.